The number of phenols is 1. The highest BCUT2D eigenvalue weighted by Gasteiger charge is 2.21. The lowest BCUT2D eigenvalue weighted by Crippen LogP contribution is -2.00. The van der Waals surface area contributed by atoms with Crippen molar-refractivity contribution in [2.45, 2.75) is 20.8 Å². The van der Waals surface area contributed by atoms with E-state index in [0.717, 1.165) is 16.9 Å². The van der Waals surface area contributed by atoms with E-state index < -0.39 is 0 Å². The van der Waals surface area contributed by atoms with Crippen LogP contribution in [-0.4, -0.2) is 26.4 Å². The van der Waals surface area contributed by atoms with Crippen LogP contribution >= 0.6 is 0 Å². The summed E-state index contributed by atoms with van der Waals surface area (Å²) in [4.78, 5) is 12.2. The van der Waals surface area contributed by atoms with Gasteiger partial charge in [-0.05, 0) is 45.0 Å². The Hall–Kier alpha value is -3.08. The molecule has 5 heteroatoms. The van der Waals surface area contributed by atoms with Gasteiger partial charge < -0.3 is 14.9 Å². The third kappa shape index (κ3) is 2.34. The number of rotatable bonds is 3. The van der Waals surface area contributed by atoms with E-state index in [1.807, 2.05) is 41.8 Å². The van der Waals surface area contributed by atoms with Crippen molar-refractivity contribution < 1.29 is 15.1 Å². The van der Waals surface area contributed by atoms with E-state index in [1.165, 1.54) is 6.92 Å². The van der Waals surface area contributed by atoms with Gasteiger partial charge in [-0.2, -0.15) is 0 Å². The lowest BCUT2D eigenvalue weighted by Gasteiger charge is -2.10. The van der Waals surface area contributed by atoms with E-state index in [0.29, 0.717) is 22.2 Å². The normalized spacial score (nSPS) is 11.9. The molecule has 3 rings (SSSR count). The van der Waals surface area contributed by atoms with E-state index in [1.54, 1.807) is 19.1 Å². The standard InChI is InChI=1S/C19H18N2O3/c1-11(20-24)15-9-17-16(10-18(15)23)19(13(3)22)12(2)21(17)14-7-5-4-6-8-14/h4-10,23-24H,1-3H3/b20-11-. The molecule has 0 spiro atoms. The molecule has 0 atom stereocenters. The van der Waals surface area contributed by atoms with E-state index in [2.05, 4.69) is 5.16 Å². The number of para-hydroxylation sites is 1. The Morgan fingerprint density at radius 2 is 1.79 bits per heavy atom. The maximum absolute atomic E-state index is 12.2. The van der Waals surface area contributed by atoms with E-state index in [9.17, 15) is 9.90 Å². The van der Waals surface area contributed by atoms with Crippen LogP contribution in [0.1, 0.15) is 35.5 Å². The lowest BCUT2D eigenvalue weighted by molar-refractivity contribution is 0.101. The van der Waals surface area contributed by atoms with Crippen LogP contribution in [0.2, 0.25) is 0 Å². The van der Waals surface area contributed by atoms with Crippen molar-refractivity contribution in [1.82, 2.24) is 4.57 Å². The Labute approximate surface area is 139 Å². The Balaban J connectivity index is 2.47. The summed E-state index contributed by atoms with van der Waals surface area (Å²) in [7, 11) is 0. The predicted molar refractivity (Wildman–Crippen MR) is 93.7 cm³/mol. The number of carbonyl (C=O) groups excluding carboxylic acids is 1. The van der Waals surface area contributed by atoms with Gasteiger partial charge in [-0.1, -0.05) is 23.4 Å². The summed E-state index contributed by atoms with van der Waals surface area (Å²) >= 11 is 0. The second-order valence-electron chi connectivity index (χ2n) is 5.76. The lowest BCUT2D eigenvalue weighted by atomic mass is 10.0. The molecule has 1 heterocycles. The van der Waals surface area contributed by atoms with Crippen LogP contribution in [0.5, 0.6) is 5.75 Å². The second kappa shape index (κ2) is 5.85. The second-order valence-corrected chi connectivity index (χ2v) is 5.76. The first kappa shape index (κ1) is 15.8. The molecule has 0 saturated carbocycles. The SMILES string of the molecule is CC(=O)c1c(C)n(-c2ccccc2)c2cc(/C(C)=N\O)c(O)cc12. The molecule has 0 bridgehead atoms. The highest BCUT2D eigenvalue weighted by molar-refractivity contribution is 6.12. The third-order valence-corrected chi connectivity index (χ3v) is 4.23. The van der Waals surface area contributed by atoms with Gasteiger partial charge in [0.2, 0.25) is 0 Å². The van der Waals surface area contributed by atoms with Gasteiger partial charge in [0, 0.05) is 27.9 Å². The molecule has 0 aliphatic carbocycles. The van der Waals surface area contributed by atoms with Crippen LogP contribution < -0.4 is 0 Å². The Morgan fingerprint density at radius 1 is 1.12 bits per heavy atom. The predicted octanol–water partition coefficient (Wildman–Crippen LogP) is 4.05. The largest absolute Gasteiger partial charge is 0.507 e. The molecule has 0 aliphatic rings. The fourth-order valence-electron chi connectivity index (χ4n) is 3.15. The van der Waals surface area contributed by atoms with Crippen LogP contribution in [0.4, 0.5) is 0 Å². The molecule has 1 aromatic heterocycles. The van der Waals surface area contributed by atoms with Gasteiger partial charge in [0.05, 0.1) is 11.2 Å². The van der Waals surface area contributed by atoms with Crippen LogP contribution in [0.25, 0.3) is 16.6 Å². The number of aromatic nitrogens is 1. The van der Waals surface area contributed by atoms with Crippen molar-refractivity contribution in [2.24, 2.45) is 5.16 Å². The Kier molecular flexibility index (Phi) is 3.85. The molecule has 0 unspecified atom stereocenters. The molecule has 2 aromatic carbocycles. The zero-order valence-corrected chi connectivity index (χ0v) is 13.7. The average Bonchev–Trinajstić information content (AvgIpc) is 2.85. The molecule has 0 amide bonds. The number of hydrogen-bond acceptors (Lipinski definition) is 4. The van der Waals surface area contributed by atoms with Crippen molar-refractivity contribution in [3.8, 4) is 11.4 Å². The molecule has 5 nitrogen and oxygen atoms in total. The molecular weight excluding hydrogens is 304 g/mol. The first-order valence-electron chi connectivity index (χ1n) is 7.59. The number of phenolic OH excluding ortho intramolecular Hbond substituents is 1. The van der Waals surface area contributed by atoms with Crippen molar-refractivity contribution >= 4 is 22.4 Å². The van der Waals surface area contributed by atoms with Crippen molar-refractivity contribution in [3.05, 3.63) is 59.3 Å². The third-order valence-electron chi connectivity index (χ3n) is 4.23. The van der Waals surface area contributed by atoms with E-state index >= 15 is 0 Å². The number of nitrogens with zero attached hydrogens (tertiary/aromatic N) is 2. The summed E-state index contributed by atoms with van der Waals surface area (Å²) in [6.07, 6.45) is 0. The molecule has 2 N–H and O–H groups in total. The van der Waals surface area contributed by atoms with Crippen LogP contribution in [0.15, 0.2) is 47.6 Å². The maximum atomic E-state index is 12.2. The van der Waals surface area contributed by atoms with E-state index in [4.69, 9.17) is 5.21 Å². The van der Waals surface area contributed by atoms with E-state index in [-0.39, 0.29) is 11.5 Å². The van der Waals surface area contributed by atoms with Crippen LogP contribution in [-0.2, 0) is 0 Å². The number of Topliss-reactive ketones (excluding diaryl/α,β-unsaturated/α-hetero) is 1. The molecule has 122 valence electrons. The van der Waals surface area contributed by atoms with Gasteiger partial charge in [-0.3, -0.25) is 4.79 Å². The van der Waals surface area contributed by atoms with Crippen LogP contribution in [0, 0.1) is 6.92 Å². The molecule has 0 aliphatic heterocycles. The van der Waals surface area contributed by atoms with Gasteiger partial charge in [0.25, 0.3) is 0 Å². The summed E-state index contributed by atoms with van der Waals surface area (Å²) in [5.74, 6) is -0.0857. The van der Waals surface area contributed by atoms with Crippen molar-refractivity contribution in [2.75, 3.05) is 0 Å². The molecule has 24 heavy (non-hydrogen) atoms. The monoisotopic (exact) mass is 322 g/mol. The minimum atomic E-state index is -0.0631. The minimum absolute atomic E-state index is 0.0227. The van der Waals surface area contributed by atoms with Gasteiger partial charge in [-0.25, -0.2) is 0 Å². The molecule has 3 aromatic rings. The first-order chi connectivity index (χ1) is 11.5. The van der Waals surface area contributed by atoms with Gasteiger partial charge in [-0.15, -0.1) is 0 Å². The number of carbonyl (C=O) groups is 1. The number of ketones is 1. The fourth-order valence-corrected chi connectivity index (χ4v) is 3.15. The highest BCUT2D eigenvalue weighted by Crippen LogP contribution is 2.34. The highest BCUT2D eigenvalue weighted by atomic mass is 16.4. The fraction of sp³-hybridized carbons (Fsp3) is 0.158. The molecular formula is C19H18N2O3. The van der Waals surface area contributed by atoms with Crippen LogP contribution in [0.3, 0.4) is 0 Å². The molecule has 0 saturated heterocycles. The van der Waals surface area contributed by atoms with Gasteiger partial charge >= 0.3 is 0 Å². The number of hydrogen-bond donors (Lipinski definition) is 2. The zero-order chi connectivity index (χ0) is 17.4. The average molecular weight is 322 g/mol. The number of fused-ring (bicyclic) bond motifs is 1. The minimum Gasteiger partial charge on any atom is -0.507 e. The maximum Gasteiger partial charge on any atom is 0.162 e. The summed E-state index contributed by atoms with van der Waals surface area (Å²) in [6, 6.07) is 13.0. The molecule has 0 fully saturated rings. The number of oxime groups is 1. The summed E-state index contributed by atoms with van der Waals surface area (Å²) < 4.78 is 1.97. The summed E-state index contributed by atoms with van der Waals surface area (Å²) in [6.45, 7) is 5.01. The smallest absolute Gasteiger partial charge is 0.162 e. The number of aromatic hydroxyl groups is 1. The topological polar surface area (TPSA) is 74.8 Å². The summed E-state index contributed by atoms with van der Waals surface area (Å²) in [5, 5.41) is 23.2. The quantitative estimate of drug-likeness (QED) is 0.331. The van der Waals surface area contributed by atoms with Gasteiger partial charge in [0.1, 0.15) is 5.75 Å². The molecule has 0 radical (unpaired) electrons. The first-order valence-corrected chi connectivity index (χ1v) is 7.59. The summed E-state index contributed by atoms with van der Waals surface area (Å²) in [5.41, 5.74) is 3.81. The Morgan fingerprint density at radius 3 is 2.38 bits per heavy atom. The van der Waals surface area contributed by atoms with Crippen molar-refractivity contribution in [1.29, 1.82) is 0 Å². The zero-order valence-electron chi connectivity index (χ0n) is 13.7. The van der Waals surface area contributed by atoms with Gasteiger partial charge in [0.15, 0.2) is 5.78 Å². The Bertz CT molecular complexity index is 969. The number of benzene rings is 2. The van der Waals surface area contributed by atoms with Crippen molar-refractivity contribution in [3.63, 3.8) is 0 Å².